The van der Waals surface area contributed by atoms with Crippen LogP contribution in [-0.4, -0.2) is 91.6 Å². The van der Waals surface area contributed by atoms with Crippen molar-refractivity contribution in [3.05, 3.63) is 93.8 Å². The number of rotatable bonds is 9. The quantitative estimate of drug-likeness (QED) is 0.214. The Morgan fingerprint density at radius 2 is 1.84 bits per heavy atom. The lowest BCUT2D eigenvalue weighted by atomic mass is 9.90. The zero-order valence-electron chi connectivity index (χ0n) is 34.3. The van der Waals surface area contributed by atoms with Gasteiger partial charge in [-0.05, 0) is 93.3 Å². The van der Waals surface area contributed by atoms with Crippen molar-refractivity contribution >= 4 is 40.7 Å². The number of pyridine rings is 1. The van der Waals surface area contributed by atoms with Crippen LogP contribution >= 0.6 is 0 Å². The van der Waals surface area contributed by atoms with Crippen LogP contribution in [0.15, 0.2) is 60.2 Å². The van der Waals surface area contributed by atoms with Crippen molar-refractivity contribution < 1.29 is 19.1 Å². The number of hydrogen-bond acceptors (Lipinski definition) is 9. The molecule has 14 heteroatoms. The summed E-state index contributed by atoms with van der Waals surface area (Å²) in [6.45, 7) is 17.6. The van der Waals surface area contributed by atoms with E-state index in [1.54, 1.807) is 30.4 Å². The first kappa shape index (κ1) is 39.2. The molecule has 0 radical (unpaired) electrons. The number of carbonyl (C=O) groups is 3. The van der Waals surface area contributed by atoms with Gasteiger partial charge >= 0.3 is 0 Å². The largest absolute Gasteiger partial charge is 0.381 e. The molecule has 3 aliphatic heterocycles. The van der Waals surface area contributed by atoms with Gasteiger partial charge in [0.05, 0.1) is 18.3 Å². The Morgan fingerprint density at radius 3 is 2.59 bits per heavy atom. The molecule has 1 atom stereocenters. The second-order valence-corrected chi connectivity index (χ2v) is 17.1. The smallest absolute Gasteiger partial charge is 0.293 e. The Morgan fingerprint density at radius 1 is 1.07 bits per heavy atom. The number of fused-ring (bicyclic) bond motifs is 3. The highest BCUT2D eigenvalue weighted by Gasteiger charge is 2.40. The molecule has 304 valence electrons. The Bertz CT molecular complexity index is 2370. The van der Waals surface area contributed by atoms with Gasteiger partial charge in [-0.1, -0.05) is 26.5 Å². The van der Waals surface area contributed by atoms with Crippen LogP contribution in [0.1, 0.15) is 79.5 Å². The maximum Gasteiger partial charge on any atom is 0.293 e. The molecule has 14 nitrogen and oxygen atoms in total. The number of carbonyl (C=O) groups excluding carboxylic acids is 3. The van der Waals surface area contributed by atoms with E-state index in [-0.39, 0.29) is 46.7 Å². The highest BCUT2D eigenvalue weighted by atomic mass is 16.5. The van der Waals surface area contributed by atoms with Gasteiger partial charge in [-0.2, -0.15) is 0 Å². The van der Waals surface area contributed by atoms with E-state index < -0.39 is 5.91 Å². The summed E-state index contributed by atoms with van der Waals surface area (Å²) in [6.07, 6.45) is 8.19. The predicted octanol–water partition coefficient (Wildman–Crippen LogP) is 5.38. The molecule has 4 aromatic rings. The van der Waals surface area contributed by atoms with Crippen molar-refractivity contribution in [2.45, 2.75) is 85.0 Å². The van der Waals surface area contributed by atoms with E-state index in [9.17, 15) is 19.2 Å². The van der Waals surface area contributed by atoms with Crippen LogP contribution in [0.25, 0.3) is 11.3 Å². The SMILES string of the molecule is C=CC(=O)Nc1cc(Nc2nc(-c3ccnc(N4CCn5c(cc6c5CC(C)(C)C6)C4=O)c3C)cn(C)c2=O)ccc1C1CN(C2CCOCC2)CC(=O)N1C(C)C. The molecule has 2 fully saturated rings. The molecule has 1 aliphatic carbocycles. The molecule has 3 amide bonds. The monoisotopic (exact) mass is 787 g/mol. The van der Waals surface area contributed by atoms with E-state index in [0.717, 1.165) is 42.4 Å². The first-order valence-corrected chi connectivity index (χ1v) is 20.3. The molecule has 6 heterocycles. The van der Waals surface area contributed by atoms with Crippen LogP contribution in [0.3, 0.4) is 0 Å². The third-order valence-electron chi connectivity index (χ3n) is 12.2. The summed E-state index contributed by atoms with van der Waals surface area (Å²) in [7, 11) is 1.67. The Hall–Kier alpha value is -5.60. The van der Waals surface area contributed by atoms with Gasteiger partial charge in [0.2, 0.25) is 11.8 Å². The van der Waals surface area contributed by atoms with E-state index in [1.807, 2.05) is 43.9 Å². The van der Waals surface area contributed by atoms with Gasteiger partial charge < -0.3 is 29.4 Å². The molecule has 4 aliphatic rings. The van der Waals surface area contributed by atoms with E-state index >= 15 is 0 Å². The molecule has 0 saturated carbocycles. The lowest BCUT2D eigenvalue weighted by Gasteiger charge is -2.47. The zero-order valence-corrected chi connectivity index (χ0v) is 34.3. The molecule has 0 spiro atoms. The molecule has 0 bridgehead atoms. The van der Waals surface area contributed by atoms with Gasteiger partial charge in [0.15, 0.2) is 5.82 Å². The number of anilines is 4. The summed E-state index contributed by atoms with van der Waals surface area (Å²) in [4.78, 5) is 69.5. The highest BCUT2D eigenvalue weighted by molar-refractivity contribution is 6.06. The minimum atomic E-state index is -0.397. The van der Waals surface area contributed by atoms with Gasteiger partial charge in [-0.15, -0.1) is 0 Å². The van der Waals surface area contributed by atoms with E-state index in [4.69, 9.17) is 9.72 Å². The maximum atomic E-state index is 14.0. The van der Waals surface area contributed by atoms with Crippen LogP contribution in [0, 0.1) is 12.3 Å². The summed E-state index contributed by atoms with van der Waals surface area (Å²) in [5, 5.41) is 6.19. The van der Waals surface area contributed by atoms with Crippen LogP contribution in [-0.2, 0) is 40.8 Å². The van der Waals surface area contributed by atoms with Gasteiger partial charge in [-0.25, -0.2) is 9.97 Å². The number of amides is 3. The third-order valence-corrected chi connectivity index (χ3v) is 12.2. The highest BCUT2D eigenvalue weighted by Crippen LogP contribution is 2.40. The van der Waals surface area contributed by atoms with Crippen molar-refractivity contribution in [1.29, 1.82) is 0 Å². The van der Waals surface area contributed by atoms with Crippen molar-refractivity contribution in [3.8, 4) is 11.3 Å². The average Bonchev–Trinajstić information content (AvgIpc) is 3.69. The van der Waals surface area contributed by atoms with Gasteiger partial charge in [0.25, 0.3) is 11.5 Å². The molecule has 3 aromatic heterocycles. The molecule has 2 N–H and O–H groups in total. The number of aryl methyl sites for hydroxylation is 1. The van der Waals surface area contributed by atoms with Crippen LogP contribution in [0.5, 0.6) is 0 Å². The second-order valence-electron chi connectivity index (χ2n) is 17.1. The molecular formula is C44H53N9O5. The number of piperazine rings is 1. The Kier molecular flexibility index (Phi) is 10.3. The summed E-state index contributed by atoms with van der Waals surface area (Å²) < 4.78 is 9.26. The fourth-order valence-corrected chi connectivity index (χ4v) is 9.39. The van der Waals surface area contributed by atoms with Gasteiger partial charge in [-0.3, -0.25) is 29.0 Å². The molecule has 2 saturated heterocycles. The normalized spacial score (nSPS) is 19.7. The number of ether oxygens (including phenoxy) is 1. The molecule has 1 aromatic carbocycles. The third kappa shape index (κ3) is 7.23. The lowest BCUT2D eigenvalue weighted by Crippen LogP contribution is -2.57. The molecular weight excluding hydrogens is 735 g/mol. The van der Waals surface area contributed by atoms with Crippen LogP contribution in [0.4, 0.5) is 23.0 Å². The van der Waals surface area contributed by atoms with Gasteiger partial charge in [0, 0.05) is 92.6 Å². The van der Waals surface area contributed by atoms with Crippen LogP contribution in [0.2, 0.25) is 0 Å². The Balaban J connectivity index is 1.10. The topological polar surface area (TPSA) is 147 Å². The average molecular weight is 788 g/mol. The standard InChI is InChI=1S/C44H53N9O5/c1-8-38(54)47-33-20-29(9-10-32(33)37-24-50(30-12-17-58-18-13-30)25-39(55)53(37)26(2)3)46-40-43(57)49(7)23-34(48-40)31-11-14-45-41(27(31)4)52-16-15-51-35(42(52)56)19-28-21-44(5,6)22-36(28)51/h8-11,14,19-20,23,26,30,37H,1,12-13,15-18,21-22,24-25H2,2-7H3,(H,46,48)(H,47,54). The van der Waals surface area contributed by atoms with Crippen molar-refractivity contribution in [2.75, 3.05) is 48.4 Å². The number of hydrogen-bond donors (Lipinski definition) is 2. The first-order valence-electron chi connectivity index (χ1n) is 20.3. The van der Waals surface area contributed by atoms with E-state index in [2.05, 4.69) is 51.6 Å². The number of aromatic nitrogens is 4. The van der Waals surface area contributed by atoms with Crippen molar-refractivity contribution in [1.82, 2.24) is 28.9 Å². The predicted molar refractivity (Wildman–Crippen MR) is 223 cm³/mol. The van der Waals surface area contributed by atoms with Crippen molar-refractivity contribution in [3.63, 3.8) is 0 Å². The molecule has 58 heavy (non-hydrogen) atoms. The summed E-state index contributed by atoms with van der Waals surface area (Å²) >= 11 is 0. The van der Waals surface area contributed by atoms with Gasteiger partial charge in [0.1, 0.15) is 11.5 Å². The fraction of sp³-hybridized carbons (Fsp3) is 0.455. The fourth-order valence-electron chi connectivity index (χ4n) is 9.39. The summed E-state index contributed by atoms with van der Waals surface area (Å²) in [5.41, 5.74) is 6.90. The van der Waals surface area contributed by atoms with E-state index in [1.165, 1.54) is 21.9 Å². The lowest BCUT2D eigenvalue weighted by molar-refractivity contribution is -0.145. The second kappa shape index (κ2) is 15.3. The van der Waals surface area contributed by atoms with Crippen molar-refractivity contribution in [2.24, 2.45) is 12.5 Å². The maximum absolute atomic E-state index is 14.0. The molecule has 1 unspecified atom stereocenters. The number of benzene rings is 1. The summed E-state index contributed by atoms with van der Waals surface area (Å²) in [5.74, 6) is 0.206. The number of nitrogens with one attached hydrogen (secondary N) is 2. The van der Waals surface area contributed by atoms with E-state index in [0.29, 0.717) is 68.0 Å². The van der Waals surface area contributed by atoms with Crippen LogP contribution < -0.4 is 21.1 Å². The molecule has 8 rings (SSSR count). The zero-order chi connectivity index (χ0) is 41.0. The Labute approximate surface area is 338 Å². The first-order chi connectivity index (χ1) is 27.7. The number of nitrogens with zero attached hydrogens (tertiary/aromatic N) is 7. The minimum absolute atomic E-state index is 0.0340. The summed E-state index contributed by atoms with van der Waals surface area (Å²) in [6, 6.07) is 9.24. The minimum Gasteiger partial charge on any atom is -0.381 e.